The fraction of sp³-hybridized carbons (Fsp3) is 0.389. The molecular formula is C36H42N2O6. The number of carbonyl (C=O) groups excluding carboxylic acids is 2. The quantitative estimate of drug-likeness (QED) is 0.144. The number of benzene rings is 3. The highest BCUT2D eigenvalue weighted by Crippen LogP contribution is 2.43. The standard InChI is InChI=1S/C36H42N2O6/c1-5-37(6-2)18-11-19-38-33(26-14-17-30(31(22-26)42-7-3)43-23-25-12-9-8-10-13-25)32(35(40)36(38)41)34(39)27-15-16-29-28(21-27)20-24(4)44-29/h8-10,12-17,21-22,24,33,39H,5-7,11,18-20,23H2,1-4H3/t24-,33-/m1/s1. The highest BCUT2D eigenvalue weighted by Gasteiger charge is 2.46. The van der Waals surface area contributed by atoms with Crippen molar-refractivity contribution in [2.75, 3.05) is 32.8 Å². The number of ether oxygens (including phenoxy) is 3. The van der Waals surface area contributed by atoms with Crippen molar-refractivity contribution >= 4 is 17.4 Å². The number of hydrogen-bond donors (Lipinski definition) is 1. The maximum atomic E-state index is 13.6. The smallest absolute Gasteiger partial charge is 0.295 e. The summed E-state index contributed by atoms with van der Waals surface area (Å²) < 4.78 is 17.9. The molecule has 1 fully saturated rings. The minimum atomic E-state index is -0.780. The van der Waals surface area contributed by atoms with Gasteiger partial charge in [-0.15, -0.1) is 0 Å². The van der Waals surface area contributed by atoms with Gasteiger partial charge in [0, 0.05) is 18.5 Å². The Morgan fingerprint density at radius 2 is 1.75 bits per heavy atom. The van der Waals surface area contributed by atoms with E-state index in [2.05, 4.69) is 18.7 Å². The zero-order valence-corrected chi connectivity index (χ0v) is 26.0. The molecule has 5 rings (SSSR count). The summed E-state index contributed by atoms with van der Waals surface area (Å²) in [6.07, 6.45) is 1.44. The first-order valence-electron chi connectivity index (χ1n) is 15.6. The fourth-order valence-electron chi connectivity index (χ4n) is 6.00. The zero-order chi connectivity index (χ0) is 31.2. The summed E-state index contributed by atoms with van der Waals surface area (Å²) in [5.74, 6) is 0.350. The van der Waals surface area contributed by atoms with Crippen LogP contribution >= 0.6 is 0 Å². The number of Topliss-reactive ketones (excluding diaryl/α,β-unsaturated/α-hetero) is 1. The lowest BCUT2D eigenvalue weighted by Gasteiger charge is -2.27. The van der Waals surface area contributed by atoms with Crippen LogP contribution in [-0.4, -0.2) is 65.5 Å². The summed E-state index contributed by atoms with van der Waals surface area (Å²) in [5, 5.41) is 11.7. The van der Waals surface area contributed by atoms with E-state index in [1.54, 1.807) is 11.0 Å². The Morgan fingerprint density at radius 1 is 0.977 bits per heavy atom. The first kappa shape index (κ1) is 31.1. The van der Waals surface area contributed by atoms with Gasteiger partial charge in [0.25, 0.3) is 11.7 Å². The highest BCUT2D eigenvalue weighted by atomic mass is 16.5. The Bertz CT molecular complexity index is 1510. The molecule has 2 heterocycles. The van der Waals surface area contributed by atoms with Crippen LogP contribution in [0.25, 0.3) is 5.76 Å². The molecule has 0 spiro atoms. The molecule has 8 nitrogen and oxygen atoms in total. The molecule has 2 atom stereocenters. The number of hydrogen-bond acceptors (Lipinski definition) is 7. The first-order chi connectivity index (χ1) is 21.3. The van der Waals surface area contributed by atoms with Crippen LogP contribution in [0.3, 0.4) is 0 Å². The Morgan fingerprint density at radius 3 is 2.48 bits per heavy atom. The van der Waals surface area contributed by atoms with Crippen LogP contribution in [-0.2, 0) is 22.6 Å². The Hall–Kier alpha value is -4.30. The molecule has 2 aliphatic heterocycles. The third-order valence-corrected chi connectivity index (χ3v) is 8.30. The third kappa shape index (κ3) is 6.60. The molecule has 232 valence electrons. The number of nitrogens with zero attached hydrogens (tertiary/aromatic N) is 2. The number of likely N-dealkylation sites (tertiary alicyclic amines) is 1. The fourth-order valence-corrected chi connectivity index (χ4v) is 6.00. The van der Waals surface area contributed by atoms with Crippen LogP contribution in [0.2, 0.25) is 0 Å². The largest absolute Gasteiger partial charge is 0.507 e. The van der Waals surface area contributed by atoms with Crippen molar-refractivity contribution < 1.29 is 28.9 Å². The van der Waals surface area contributed by atoms with Gasteiger partial charge in [-0.05, 0) is 86.9 Å². The minimum Gasteiger partial charge on any atom is -0.507 e. The van der Waals surface area contributed by atoms with Crippen LogP contribution in [0.5, 0.6) is 17.2 Å². The van der Waals surface area contributed by atoms with Crippen molar-refractivity contribution in [1.29, 1.82) is 0 Å². The van der Waals surface area contributed by atoms with E-state index in [1.165, 1.54) is 0 Å². The van der Waals surface area contributed by atoms with Crippen molar-refractivity contribution in [3.05, 3.63) is 94.6 Å². The van der Waals surface area contributed by atoms with Crippen molar-refractivity contribution in [3.63, 3.8) is 0 Å². The maximum Gasteiger partial charge on any atom is 0.295 e. The molecule has 44 heavy (non-hydrogen) atoms. The number of carbonyl (C=O) groups is 2. The second kappa shape index (κ2) is 14.0. The van der Waals surface area contributed by atoms with Crippen molar-refractivity contribution in [2.24, 2.45) is 0 Å². The summed E-state index contributed by atoms with van der Waals surface area (Å²) >= 11 is 0. The number of fused-ring (bicyclic) bond motifs is 1. The highest BCUT2D eigenvalue weighted by molar-refractivity contribution is 6.46. The van der Waals surface area contributed by atoms with Crippen LogP contribution < -0.4 is 14.2 Å². The van der Waals surface area contributed by atoms with Gasteiger partial charge < -0.3 is 29.1 Å². The van der Waals surface area contributed by atoms with Gasteiger partial charge in [0.1, 0.15) is 24.2 Å². The summed E-state index contributed by atoms with van der Waals surface area (Å²) in [4.78, 5) is 31.1. The molecule has 0 aliphatic carbocycles. The van der Waals surface area contributed by atoms with Gasteiger partial charge in [-0.25, -0.2) is 0 Å². The molecule has 0 radical (unpaired) electrons. The molecule has 3 aromatic carbocycles. The van der Waals surface area contributed by atoms with Crippen LogP contribution in [0.1, 0.15) is 62.4 Å². The van der Waals surface area contributed by atoms with Gasteiger partial charge >= 0.3 is 0 Å². The number of aliphatic hydroxyl groups is 1. The zero-order valence-electron chi connectivity index (χ0n) is 26.0. The molecule has 1 saturated heterocycles. The number of ketones is 1. The van der Waals surface area contributed by atoms with E-state index < -0.39 is 17.7 Å². The molecule has 0 aromatic heterocycles. The van der Waals surface area contributed by atoms with E-state index in [4.69, 9.17) is 14.2 Å². The molecule has 0 unspecified atom stereocenters. The lowest BCUT2D eigenvalue weighted by atomic mass is 9.94. The molecule has 8 heteroatoms. The van der Waals surface area contributed by atoms with E-state index in [1.807, 2.05) is 74.5 Å². The Balaban J connectivity index is 1.53. The van der Waals surface area contributed by atoms with Crippen molar-refractivity contribution in [2.45, 2.75) is 59.3 Å². The number of aliphatic hydroxyl groups excluding tert-OH is 1. The SMILES string of the molecule is CCOc1cc([C@@H]2C(=C(O)c3ccc4c(c3)C[C@@H](C)O4)C(=O)C(=O)N2CCCN(CC)CC)ccc1OCc1ccccc1. The predicted octanol–water partition coefficient (Wildman–Crippen LogP) is 6.14. The first-order valence-corrected chi connectivity index (χ1v) is 15.6. The molecule has 1 N–H and O–H groups in total. The maximum absolute atomic E-state index is 13.6. The van der Waals surface area contributed by atoms with E-state index in [0.29, 0.717) is 55.2 Å². The number of rotatable bonds is 13. The molecule has 3 aromatic rings. The van der Waals surface area contributed by atoms with Gasteiger partial charge in [0.2, 0.25) is 0 Å². The minimum absolute atomic E-state index is 0.0402. The Labute approximate surface area is 259 Å². The lowest BCUT2D eigenvalue weighted by molar-refractivity contribution is -0.140. The van der Waals surface area contributed by atoms with E-state index >= 15 is 0 Å². The molecular weight excluding hydrogens is 556 g/mol. The summed E-state index contributed by atoms with van der Waals surface area (Å²) in [6.45, 7) is 11.8. The van der Waals surface area contributed by atoms with Gasteiger partial charge in [-0.1, -0.05) is 50.2 Å². The summed E-state index contributed by atoms with van der Waals surface area (Å²) in [7, 11) is 0. The van der Waals surface area contributed by atoms with Gasteiger partial charge in [0.15, 0.2) is 11.5 Å². The van der Waals surface area contributed by atoms with E-state index in [0.717, 1.165) is 36.5 Å². The van der Waals surface area contributed by atoms with Crippen LogP contribution in [0.15, 0.2) is 72.3 Å². The summed E-state index contributed by atoms with van der Waals surface area (Å²) in [5.41, 5.74) is 3.22. The van der Waals surface area contributed by atoms with Crippen LogP contribution in [0, 0.1) is 0 Å². The van der Waals surface area contributed by atoms with Crippen molar-refractivity contribution in [3.8, 4) is 17.2 Å². The van der Waals surface area contributed by atoms with Gasteiger partial charge in [-0.3, -0.25) is 9.59 Å². The topological polar surface area (TPSA) is 88.5 Å². The monoisotopic (exact) mass is 598 g/mol. The Kier molecular flexibility index (Phi) is 9.90. The molecule has 2 aliphatic rings. The second-order valence-corrected chi connectivity index (χ2v) is 11.2. The summed E-state index contributed by atoms with van der Waals surface area (Å²) in [6, 6.07) is 20.0. The van der Waals surface area contributed by atoms with Gasteiger partial charge in [0.05, 0.1) is 18.2 Å². The second-order valence-electron chi connectivity index (χ2n) is 11.2. The average Bonchev–Trinajstić information content (AvgIpc) is 3.53. The normalized spacial score (nSPS) is 18.9. The molecule has 0 bridgehead atoms. The van der Waals surface area contributed by atoms with E-state index in [-0.39, 0.29) is 17.4 Å². The third-order valence-electron chi connectivity index (χ3n) is 8.30. The molecule has 0 saturated carbocycles. The number of amides is 1. The lowest BCUT2D eigenvalue weighted by Crippen LogP contribution is -2.33. The van der Waals surface area contributed by atoms with Gasteiger partial charge in [-0.2, -0.15) is 0 Å². The van der Waals surface area contributed by atoms with Crippen LogP contribution in [0.4, 0.5) is 0 Å². The predicted molar refractivity (Wildman–Crippen MR) is 170 cm³/mol. The molecule has 1 amide bonds. The van der Waals surface area contributed by atoms with Crippen molar-refractivity contribution in [1.82, 2.24) is 9.80 Å². The average molecular weight is 599 g/mol. The van der Waals surface area contributed by atoms with E-state index in [9.17, 15) is 14.7 Å².